The number of hydrogen-bond acceptors (Lipinski definition) is 2. The molecule has 0 saturated heterocycles. The zero-order valence-electron chi connectivity index (χ0n) is 13.4. The van der Waals surface area contributed by atoms with Crippen molar-refractivity contribution in [1.82, 2.24) is 5.32 Å². The Labute approximate surface area is 122 Å². The van der Waals surface area contributed by atoms with Crippen LogP contribution in [0.1, 0.15) is 64.3 Å². The second-order valence-electron chi connectivity index (χ2n) is 6.24. The number of para-hydroxylation sites is 1. The van der Waals surface area contributed by atoms with E-state index in [4.69, 9.17) is 4.42 Å². The molecule has 0 aliphatic carbocycles. The number of benzene rings is 1. The van der Waals surface area contributed by atoms with Gasteiger partial charge in [0.15, 0.2) is 0 Å². The van der Waals surface area contributed by atoms with Gasteiger partial charge in [-0.05, 0) is 36.4 Å². The van der Waals surface area contributed by atoms with Gasteiger partial charge in [-0.15, -0.1) is 0 Å². The molecule has 1 N–H and O–H groups in total. The van der Waals surface area contributed by atoms with E-state index >= 15 is 0 Å². The number of hydrogen-bond donors (Lipinski definition) is 1. The molecule has 0 aliphatic heterocycles. The minimum atomic E-state index is 0.294. The first-order chi connectivity index (χ1) is 9.54. The summed E-state index contributed by atoms with van der Waals surface area (Å²) in [7, 11) is 0. The first-order valence-electron chi connectivity index (χ1n) is 7.80. The summed E-state index contributed by atoms with van der Waals surface area (Å²) < 4.78 is 6.22. The van der Waals surface area contributed by atoms with Crippen molar-refractivity contribution in [2.24, 2.45) is 5.92 Å². The van der Waals surface area contributed by atoms with Crippen LogP contribution in [-0.4, -0.2) is 6.54 Å². The van der Waals surface area contributed by atoms with Crippen LogP contribution in [0.25, 0.3) is 11.0 Å². The zero-order valence-corrected chi connectivity index (χ0v) is 13.4. The van der Waals surface area contributed by atoms with E-state index < -0.39 is 0 Å². The third kappa shape index (κ3) is 3.06. The second kappa shape index (κ2) is 6.45. The molecule has 0 radical (unpaired) electrons. The fraction of sp³-hybridized carbons (Fsp3) is 0.556. The predicted molar refractivity (Wildman–Crippen MR) is 86.2 cm³/mol. The Balaban J connectivity index is 2.41. The molecule has 20 heavy (non-hydrogen) atoms. The lowest BCUT2D eigenvalue weighted by Crippen LogP contribution is -2.25. The van der Waals surface area contributed by atoms with Gasteiger partial charge in [0.1, 0.15) is 11.3 Å². The molecular weight excluding hydrogens is 246 g/mol. The molecule has 1 aromatic carbocycles. The summed E-state index contributed by atoms with van der Waals surface area (Å²) in [4.78, 5) is 0. The van der Waals surface area contributed by atoms with Crippen molar-refractivity contribution in [1.29, 1.82) is 0 Å². The molecule has 1 unspecified atom stereocenters. The van der Waals surface area contributed by atoms with Crippen molar-refractivity contribution < 1.29 is 4.42 Å². The van der Waals surface area contributed by atoms with Crippen molar-refractivity contribution in [3.05, 3.63) is 35.6 Å². The molecule has 0 saturated carbocycles. The first kappa shape index (κ1) is 15.1. The van der Waals surface area contributed by atoms with Crippen molar-refractivity contribution in [3.8, 4) is 0 Å². The van der Waals surface area contributed by atoms with Crippen LogP contribution in [0.5, 0.6) is 0 Å². The van der Waals surface area contributed by atoms with E-state index in [1.54, 1.807) is 0 Å². The summed E-state index contributed by atoms with van der Waals surface area (Å²) in [6.07, 6.45) is 1.14. The highest BCUT2D eigenvalue weighted by Gasteiger charge is 2.20. The van der Waals surface area contributed by atoms with Gasteiger partial charge in [0.25, 0.3) is 0 Å². The van der Waals surface area contributed by atoms with E-state index in [9.17, 15) is 0 Å². The van der Waals surface area contributed by atoms with Crippen LogP contribution in [0.2, 0.25) is 0 Å². The topological polar surface area (TPSA) is 25.2 Å². The van der Waals surface area contributed by atoms with Crippen LogP contribution in [0, 0.1) is 5.92 Å². The van der Waals surface area contributed by atoms with E-state index in [2.05, 4.69) is 64.2 Å². The van der Waals surface area contributed by atoms with E-state index in [1.807, 2.05) is 0 Å². The van der Waals surface area contributed by atoms with Crippen molar-refractivity contribution >= 4 is 11.0 Å². The highest BCUT2D eigenvalue weighted by atomic mass is 16.3. The Morgan fingerprint density at radius 2 is 1.90 bits per heavy atom. The average molecular weight is 273 g/mol. The van der Waals surface area contributed by atoms with Crippen LogP contribution in [0.3, 0.4) is 0 Å². The molecule has 110 valence electrons. The number of rotatable bonds is 6. The van der Waals surface area contributed by atoms with Gasteiger partial charge < -0.3 is 9.73 Å². The Kier molecular flexibility index (Phi) is 4.87. The molecule has 2 rings (SSSR count). The van der Waals surface area contributed by atoms with Gasteiger partial charge in [0.2, 0.25) is 0 Å². The minimum absolute atomic E-state index is 0.294. The molecule has 1 atom stereocenters. The Morgan fingerprint density at radius 3 is 2.50 bits per heavy atom. The van der Waals surface area contributed by atoms with Crippen LogP contribution < -0.4 is 5.32 Å². The Hall–Kier alpha value is -1.28. The molecule has 2 nitrogen and oxygen atoms in total. The Bertz CT molecular complexity index is 554. The lowest BCUT2D eigenvalue weighted by Gasteiger charge is -2.19. The maximum Gasteiger partial charge on any atom is 0.137 e. The molecule has 2 heteroatoms. The van der Waals surface area contributed by atoms with E-state index in [0.29, 0.717) is 17.9 Å². The van der Waals surface area contributed by atoms with Gasteiger partial charge in [-0.1, -0.05) is 52.8 Å². The summed E-state index contributed by atoms with van der Waals surface area (Å²) in [6, 6.07) is 8.94. The summed E-state index contributed by atoms with van der Waals surface area (Å²) in [5, 5.41) is 4.82. The maximum atomic E-state index is 6.22. The van der Waals surface area contributed by atoms with Gasteiger partial charge in [-0.25, -0.2) is 0 Å². The van der Waals surface area contributed by atoms with Gasteiger partial charge in [0, 0.05) is 5.39 Å². The fourth-order valence-corrected chi connectivity index (χ4v) is 2.68. The maximum absolute atomic E-state index is 6.22. The first-order valence-corrected chi connectivity index (χ1v) is 7.80. The molecule has 0 aliphatic rings. The van der Waals surface area contributed by atoms with E-state index in [-0.39, 0.29) is 0 Å². The third-order valence-electron chi connectivity index (χ3n) is 3.80. The third-order valence-corrected chi connectivity index (χ3v) is 3.80. The molecule has 0 fully saturated rings. The number of fused-ring (bicyclic) bond motifs is 1. The van der Waals surface area contributed by atoms with E-state index in [0.717, 1.165) is 24.3 Å². The summed E-state index contributed by atoms with van der Waals surface area (Å²) >= 11 is 0. The molecule has 2 aromatic rings. The summed E-state index contributed by atoms with van der Waals surface area (Å²) in [5.41, 5.74) is 2.35. The number of nitrogens with one attached hydrogen (secondary N) is 1. The highest BCUT2D eigenvalue weighted by molar-refractivity contribution is 5.81. The molecule has 1 aromatic heterocycles. The smallest absolute Gasteiger partial charge is 0.137 e. The van der Waals surface area contributed by atoms with Gasteiger partial charge in [-0.2, -0.15) is 0 Å². The van der Waals surface area contributed by atoms with Crippen LogP contribution in [-0.2, 0) is 0 Å². The van der Waals surface area contributed by atoms with E-state index in [1.165, 1.54) is 10.9 Å². The van der Waals surface area contributed by atoms with Crippen LogP contribution in [0.15, 0.2) is 28.7 Å². The highest BCUT2D eigenvalue weighted by Crippen LogP contribution is 2.32. The number of furan rings is 1. The molecule has 0 spiro atoms. The molecule has 1 heterocycles. The summed E-state index contributed by atoms with van der Waals surface area (Å²) in [6.45, 7) is 12.1. The van der Waals surface area contributed by atoms with Crippen LogP contribution >= 0.6 is 0 Å². The second-order valence-corrected chi connectivity index (χ2v) is 6.24. The lowest BCUT2D eigenvalue weighted by molar-refractivity contribution is 0.351. The normalized spacial score (nSPS) is 13.6. The SMILES string of the molecule is CCCNC(c1cc2cccc(C(C)C)c2o1)C(C)C. The van der Waals surface area contributed by atoms with Crippen LogP contribution in [0.4, 0.5) is 0 Å². The van der Waals surface area contributed by atoms with Gasteiger partial charge in [-0.3, -0.25) is 0 Å². The summed E-state index contributed by atoms with van der Waals surface area (Å²) in [5.74, 6) is 2.07. The van der Waals surface area contributed by atoms with Gasteiger partial charge >= 0.3 is 0 Å². The minimum Gasteiger partial charge on any atom is -0.459 e. The van der Waals surface area contributed by atoms with Crippen molar-refractivity contribution in [3.63, 3.8) is 0 Å². The zero-order chi connectivity index (χ0) is 14.7. The fourth-order valence-electron chi connectivity index (χ4n) is 2.68. The molecule has 0 amide bonds. The monoisotopic (exact) mass is 273 g/mol. The predicted octanol–water partition coefficient (Wildman–Crippen LogP) is 5.25. The lowest BCUT2D eigenvalue weighted by atomic mass is 10.00. The molecular formula is C18H27NO. The Morgan fingerprint density at radius 1 is 1.15 bits per heavy atom. The quantitative estimate of drug-likeness (QED) is 0.777. The van der Waals surface area contributed by atoms with Gasteiger partial charge in [0.05, 0.1) is 6.04 Å². The molecule has 0 bridgehead atoms. The van der Waals surface area contributed by atoms with Crippen molar-refractivity contribution in [2.75, 3.05) is 6.54 Å². The van der Waals surface area contributed by atoms with Crippen molar-refractivity contribution in [2.45, 2.75) is 53.0 Å². The standard InChI is InChI=1S/C18H27NO/c1-6-10-19-17(13(4)5)16-11-14-8-7-9-15(12(2)3)18(14)20-16/h7-9,11-13,17,19H,6,10H2,1-5H3. The average Bonchev–Trinajstić information content (AvgIpc) is 2.81. The largest absolute Gasteiger partial charge is 0.459 e.